The van der Waals surface area contributed by atoms with E-state index in [1.54, 1.807) is 39.8 Å². The first-order valence-electron chi connectivity index (χ1n) is 7.07. The van der Waals surface area contributed by atoms with E-state index in [4.69, 9.17) is 4.74 Å². The number of aromatic nitrogens is 1. The number of nitrogens with zero attached hydrogens (tertiary/aromatic N) is 1. The van der Waals surface area contributed by atoms with E-state index >= 15 is 0 Å². The predicted octanol–water partition coefficient (Wildman–Crippen LogP) is 4.30. The minimum atomic E-state index is -1.32. The Balaban J connectivity index is 2.39. The summed E-state index contributed by atoms with van der Waals surface area (Å²) < 4.78 is 19.1. The molecule has 0 saturated carbocycles. The van der Waals surface area contributed by atoms with Crippen molar-refractivity contribution in [3.05, 3.63) is 35.3 Å². The van der Waals surface area contributed by atoms with E-state index in [1.807, 2.05) is 0 Å². The third-order valence-corrected chi connectivity index (χ3v) is 3.80. The van der Waals surface area contributed by atoms with Gasteiger partial charge in [-0.15, -0.1) is 0 Å². The fraction of sp³-hybridized carbons (Fsp3) is 0.312. The Bertz CT molecular complexity index is 796. The van der Waals surface area contributed by atoms with Crippen molar-refractivity contribution in [1.82, 2.24) is 4.98 Å². The van der Waals surface area contributed by atoms with Crippen molar-refractivity contribution in [2.45, 2.75) is 33.3 Å². The fourth-order valence-corrected chi connectivity index (χ4v) is 2.82. The summed E-state index contributed by atoms with van der Waals surface area (Å²) in [6.45, 7) is 6.84. The number of rotatable bonds is 3. The summed E-state index contributed by atoms with van der Waals surface area (Å²) >= 11 is 0.874. The number of carbonyl (C=O) groups excluding carboxylic acids is 1. The van der Waals surface area contributed by atoms with E-state index in [1.165, 1.54) is 6.07 Å². The maximum atomic E-state index is 14.0. The lowest BCUT2D eigenvalue weighted by molar-refractivity contribution is 0.0636. The first kappa shape index (κ1) is 17.9. The molecule has 1 aromatic heterocycles. The summed E-state index contributed by atoms with van der Waals surface area (Å²) in [6, 6.07) is 4.45. The van der Waals surface area contributed by atoms with Crippen LogP contribution < -0.4 is 5.32 Å². The van der Waals surface area contributed by atoms with Crippen LogP contribution in [0.5, 0.6) is 0 Å². The van der Waals surface area contributed by atoms with Gasteiger partial charge in [0.15, 0.2) is 5.69 Å². The molecule has 2 aromatic rings. The normalized spacial score (nSPS) is 11.2. The number of hydrogen-bond donors (Lipinski definition) is 2. The zero-order chi connectivity index (χ0) is 18.1. The van der Waals surface area contributed by atoms with Crippen LogP contribution in [0, 0.1) is 12.7 Å². The molecular weight excluding hydrogens is 335 g/mol. The molecule has 0 atom stereocenters. The average Bonchev–Trinajstić information content (AvgIpc) is 2.83. The van der Waals surface area contributed by atoms with Crippen LogP contribution in [0.4, 0.5) is 14.2 Å². The molecule has 8 heteroatoms. The van der Waals surface area contributed by atoms with Crippen LogP contribution >= 0.6 is 11.3 Å². The molecule has 0 unspecified atom stereocenters. The van der Waals surface area contributed by atoms with Gasteiger partial charge in [0.2, 0.25) is 0 Å². The number of hydrogen-bond acceptors (Lipinski definition) is 5. The van der Waals surface area contributed by atoms with Crippen LogP contribution in [-0.4, -0.2) is 27.8 Å². The fourth-order valence-electron chi connectivity index (χ4n) is 1.86. The van der Waals surface area contributed by atoms with E-state index in [9.17, 15) is 19.1 Å². The van der Waals surface area contributed by atoms with Gasteiger partial charge in [0.1, 0.15) is 21.4 Å². The van der Waals surface area contributed by atoms with Crippen molar-refractivity contribution in [2.24, 2.45) is 0 Å². The molecule has 0 saturated heterocycles. The Morgan fingerprint density at radius 3 is 2.58 bits per heavy atom. The highest BCUT2D eigenvalue weighted by molar-refractivity contribution is 7.19. The maximum Gasteiger partial charge on any atom is 0.412 e. The van der Waals surface area contributed by atoms with Gasteiger partial charge >= 0.3 is 12.1 Å². The third kappa shape index (κ3) is 4.29. The summed E-state index contributed by atoms with van der Waals surface area (Å²) in [5, 5.41) is 11.8. The van der Waals surface area contributed by atoms with Gasteiger partial charge in [-0.05, 0) is 39.8 Å². The molecule has 0 aliphatic carbocycles. The summed E-state index contributed by atoms with van der Waals surface area (Å²) in [4.78, 5) is 27.1. The lowest BCUT2D eigenvalue weighted by Crippen LogP contribution is -2.27. The second-order valence-electron chi connectivity index (χ2n) is 6.11. The van der Waals surface area contributed by atoms with Gasteiger partial charge in [-0.1, -0.05) is 23.0 Å². The standard InChI is InChI=1S/C16H17FN2O4S/c1-8-5-6-10(17)9(7-8)12-18-11(14(20)21)13(24-12)19-15(22)23-16(2,3)4/h5-7H,1-4H3,(H,19,22)(H,20,21). The number of thiazole rings is 1. The zero-order valence-electron chi connectivity index (χ0n) is 13.6. The molecule has 2 N–H and O–H groups in total. The van der Waals surface area contributed by atoms with Crippen molar-refractivity contribution in [3.63, 3.8) is 0 Å². The number of aryl methyl sites for hydroxylation is 1. The van der Waals surface area contributed by atoms with Crippen LogP contribution in [0.15, 0.2) is 18.2 Å². The van der Waals surface area contributed by atoms with Crippen molar-refractivity contribution in [1.29, 1.82) is 0 Å². The number of carboxylic acid groups (broad SMARTS) is 1. The molecule has 6 nitrogen and oxygen atoms in total. The van der Waals surface area contributed by atoms with Gasteiger partial charge in [0, 0.05) is 5.56 Å². The molecular formula is C16H17FN2O4S. The van der Waals surface area contributed by atoms with Crippen LogP contribution in [0.1, 0.15) is 36.8 Å². The largest absolute Gasteiger partial charge is 0.476 e. The SMILES string of the molecule is Cc1ccc(F)c(-c2nc(C(=O)O)c(NC(=O)OC(C)(C)C)s2)c1. The van der Waals surface area contributed by atoms with Gasteiger partial charge in [-0.25, -0.2) is 19.0 Å². The molecule has 0 spiro atoms. The molecule has 1 aromatic carbocycles. The minimum Gasteiger partial charge on any atom is -0.476 e. The second-order valence-corrected chi connectivity index (χ2v) is 7.11. The van der Waals surface area contributed by atoms with Gasteiger partial charge in [-0.2, -0.15) is 0 Å². The first-order valence-corrected chi connectivity index (χ1v) is 7.89. The van der Waals surface area contributed by atoms with E-state index < -0.39 is 23.5 Å². The lowest BCUT2D eigenvalue weighted by Gasteiger charge is -2.19. The molecule has 2 rings (SSSR count). The molecule has 1 heterocycles. The molecule has 1 amide bonds. The quantitative estimate of drug-likeness (QED) is 0.859. The zero-order valence-corrected chi connectivity index (χ0v) is 14.5. The monoisotopic (exact) mass is 352 g/mol. The van der Waals surface area contributed by atoms with E-state index in [0.29, 0.717) is 0 Å². The number of ether oxygens (including phenoxy) is 1. The van der Waals surface area contributed by atoms with Crippen LogP contribution in [0.3, 0.4) is 0 Å². The molecule has 0 bridgehead atoms. The number of halogens is 1. The number of carbonyl (C=O) groups is 2. The highest BCUT2D eigenvalue weighted by Gasteiger charge is 2.24. The number of benzene rings is 1. The van der Waals surface area contributed by atoms with Crippen molar-refractivity contribution in [2.75, 3.05) is 5.32 Å². The van der Waals surface area contributed by atoms with Gasteiger partial charge in [0.05, 0.1) is 0 Å². The first-order chi connectivity index (χ1) is 11.1. The van der Waals surface area contributed by atoms with Crippen LogP contribution in [0.2, 0.25) is 0 Å². The Kier molecular flexibility index (Phi) is 4.88. The summed E-state index contributed by atoms with van der Waals surface area (Å²) in [7, 11) is 0. The van der Waals surface area contributed by atoms with Crippen molar-refractivity contribution in [3.8, 4) is 10.6 Å². The summed E-state index contributed by atoms with van der Waals surface area (Å²) in [5.41, 5.74) is -0.106. The predicted molar refractivity (Wildman–Crippen MR) is 89.1 cm³/mol. The van der Waals surface area contributed by atoms with Gasteiger partial charge in [-0.3, -0.25) is 5.32 Å². The van der Waals surface area contributed by atoms with E-state index in [0.717, 1.165) is 16.9 Å². The number of anilines is 1. The second kappa shape index (κ2) is 6.56. The molecule has 0 fully saturated rings. The Morgan fingerprint density at radius 2 is 2.00 bits per heavy atom. The number of nitrogens with one attached hydrogen (secondary N) is 1. The molecule has 24 heavy (non-hydrogen) atoms. The van der Waals surface area contributed by atoms with Crippen molar-refractivity contribution < 1.29 is 23.8 Å². The highest BCUT2D eigenvalue weighted by Crippen LogP contribution is 2.34. The third-order valence-electron chi connectivity index (χ3n) is 2.80. The Labute approximate surface area is 142 Å². The van der Waals surface area contributed by atoms with E-state index in [-0.39, 0.29) is 21.3 Å². The molecule has 0 radical (unpaired) electrons. The minimum absolute atomic E-state index is 0.00680. The molecule has 128 valence electrons. The number of aromatic carboxylic acids is 1. The highest BCUT2D eigenvalue weighted by atomic mass is 32.1. The Morgan fingerprint density at radius 1 is 1.33 bits per heavy atom. The smallest absolute Gasteiger partial charge is 0.412 e. The van der Waals surface area contributed by atoms with Gasteiger partial charge < -0.3 is 9.84 Å². The topological polar surface area (TPSA) is 88.5 Å². The number of amides is 1. The summed E-state index contributed by atoms with van der Waals surface area (Å²) in [5.74, 6) is -1.84. The summed E-state index contributed by atoms with van der Waals surface area (Å²) in [6.07, 6.45) is -0.801. The Hall–Kier alpha value is -2.48. The number of carboxylic acids is 1. The van der Waals surface area contributed by atoms with Crippen LogP contribution in [-0.2, 0) is 4.74 Å². The molecule has 0 aliphatic rings. The van der Waals surface area contributed by atoms with Crippen LogP contribution in [0.25, 0.3) is 10.6 Å². The van der Waals surface area contributed by atoms with Crippen molar-refractivity contribution >= 4 is 28.4 Å². The maximum absolute atomic E-state index is 14.0. The van der Waals surface area contributed by atoms with Gasteiger partial charge in [0.25, 0.3) is 0 Å². The average molecular weight is 352 g/mol. The molecule has 0 aliphatic heterocycles. The van der Waals surface area contributed by atoms with E-state index in [2.05, 4.69) is 10.3 Å². The lowest BCUT2D eigenvalue weighted by atomic mass is 10.1.